The highest BCUT2D eigenvalue weighted by Gasteiger charge is 2.16. The van der Waals surface area contributed by atoms with Crippen molar-refractivity contribution in [3.05, 3.63) is 12.2 Å². The van der Waals surface area contributed by atoms with E-state index >= 15 is 0 Å². The predicted octanol–water partition coefficient (Wildman–Crippen LogP) is 2.87. The first kappa shape index (κ1) is 9.26. The van der Waals surface area contributed by atoms with Gasteiger partial charge in [-0.15, -0.1) is 0 Å². The molecule has 1 nitrogen and oxygen atoms in total. The highest BCUT2D eigenvalue weighted by atomic mass is 14.9. The minimum atomic E-state index is 0.783. The van der Waals surface area contributed by atoms with Gasteiger partial charge in [0.05, 0.1) is 0 Å². The van der Waals surface area contributed by atoms with Gasteiger partial charge in [-0.25, -0.2) is 0 Å². The minimum absolute atomic E-state index is 0.783. The first-order valence-electron chi connectivity index (χ1n) is 5.83. The summed E-state index contributed by atoms with van der Waals surface area (Å²) in [7, 11) is 0. The quantitative estimate of drug-likeness (QED) is 0.657. The van der Waals surface area contributed by atoms with Crippen LogP contribution < -0.4 is 5.32 Å². The summed E-state index contributed by atoms with van der Waals surface area (Å²) in [5, 5.41) is 3.71. The lowest BCUT2D eigenvalue weighted by Crippen LogP contribution is -2.33. The van der Waals surface area contributed by atoms with Gasteiger partial charge in [0, 0.05) is 6.04 Å². The van der Waals surface area contributed by atoms with Crippen LogP contribution in [0.3, 0.4) is 0 Å². The van der Waals surface area contributed by atoms with Crippen molar-refractivity contribution in [1.82, 2.24) is 5.32 Å². The highest BCUT2D eigenvalue weighted by molar-refractivity contribution is 4.93. The summed E-state index contributed by atoms with van der Waals surface area (Å²) >= 11 is 0. The van der Waals surface area contributed by atoms with Crippen LogP contribution in [0.5, 0.6) is 0 Å². The molecule has 2 rings (SSSR count). The van der Waals surface area contributed by atoms with Crippen LogP contribution in [-0.4, -0.2) is 12.6 Å². The molecule has 0 aromatic heterocycles. The first-order valence-corrected chi connectivity index (χ1v) is 5.83. The van der Waals surface area contributed by atoms with Gasteiger partial charge in [0.1, 0.15) is 0 Å². The summed E-state index contributed by atoms with van der Waals surface area (Å²) < 4.78 is 0. The van der Waals surface area contributed by atoms with Gasteiger partial charge in [-0.3, -0.25) is 0 Å². The molecule has 74 valence electrons. The number of nitrogens with one attached hydrogen (secondary N) is 1. The molecule has 0 radical (unpaired) electrons. The molecule has 0 heterocycles. The standard InChI is InChI=1S/C12H21N/c1-2-8-12(9-3-1)13-10-11-6-4-5-7-11/h1-2,11-13H,3-10H2. The van der Waals surface area contributed by atoms with Crippen LogP contribution in [0.15, 0.2) is 12.2 Å². The third-order valence-electron chi connectivity index (χ3n) is 3.44. The van der Waals surface area contributed by atoms with Crippen LogP contribution in [0.4, 0.5) is 0 Å². The van der Waals surface area contributed by atoms with Gasteiger partial charge >= 0.3 is 0 Å². The number of rotatable bonds is 3. The van der Waals surface area contributed by atoms with Crippen LogP contribution in [-0.2, 0) is 0 Å². The lowest BCUT2D eigenvalue weighted by atomic mass is 10.0. The Bertz CT molecular complexity index is 168. The molecule has 0 amide bonds. The summed E-state index contributed by atoms with van der Waals surface area (Å²) in [4.78, 5) is 0. The molecule has 1 N–H and O–H groups in total. The zero-order valence-electron chi connectivity index (χ0n) is 8.47. The molecule has 1 atom stereocenters. The van der Waals surface area contributed by atoms with Gasteiger partial charge in [-0.1, -0.05) is 25.0 Å². The average Bonchev–Trinajstić information content (AvgIpc) is 2.69. The molecule has 1 unspecified atom stereocenters. The summed E-state index contributed by atoms with van der Waals surface area (Å²) in [6.45, 7) is 1.28. The molecule has 1 heteroatoms. The number of allylic oxidation sites excluding steroid dienone is 1. The van der Waals surface area contributed by atoms with E-state index in [1.54, 1.807) is 0 Å². The van der Waals surface area contributed by atoms with Crippen molar-refractivity contribution in [3.63, 3.8) is 0 Å². The molecule has 2 aliphatic rings. The molecule has 0 spiro atoms. The van der Waals surface area contributed by atoms with Gasteiger partial charge < -0.3 is 5.32 Å². The predicted molar refractivity (Wildman–Crippen MR) is 56.7 cm³/mol. The second-order valence-electron chi connectivity index (χ2n) is 4.54. The Morgan fingerprint density at radius 1 is 1.08 bits per heavy atom. The largest absolute Gasteiger partial charge is 0.313 e. The first-order chi connectivity index (χ1) is 6.45. The fraction of sp³-hybridized carbons (Fsp3) is 0.833. The van der Waals surface area contributed by atoms with Gasteiger partial charge in [0.25, 0.3) is 0 Å². The second kappa shape index (κ2) is 4.80. The Labute approximate surface area is 81.6 Å². The lowest BCUT2D eigenvalue weighted by molar-refractivity contribution is 0.411. The fourth-order valence-corrected chi connectivity index (χ4v) is 2.53. The Morgan fingerprint density at radius 2 is 1.92 bits per heavy atom. The van der Waals surface area contributed by atoms with Gasteiger partial charge in [0.15, 0.2) is 0 Å². The van der Waals surface area contributed by atoms with Gasteiger partial charge in [0.2, 0.25) is 0 Å². The monoisotopic (exact) mass is 179 g/mol. The summed E-state index contributed by atoms with van der Waals surface area (Å²) in [5.41, 5.74) is 0. The third-order valence-corrected chi connectivity index (χ3v) is 3.44. The van der Waals surface area contributed by atoms with Crippen molar-refractivity contribution in [1.29, 1.82) is 0 Å². The van der Waals surface area contributed by atoms with Crippen molar-refractivity contribution >= 4 is 0 Å². The molecule has 13 heavy (non-hydrogen) atoms. The van der Waals surface area contributed by atoms with E-state index in [9.17, 15) is 0 Å². The molecule has 0 saturated heterocycles. The molecule has 0 aromatic carbocycles. The number of hydrogen-bond acceptors (Lipinski definition) is 1. The van der Waals surface area contributed by atoms with Crippen LogP contribution in [0.25, 0.3) is 0 Å². The third kappa shape index (κ3) is 2.84. The van der Waals surface area contributed by atoms with Gasteiger partial charge in [-0.2, -0.15) is 0 Å². The lowest BCUT2D eigenvalue weighted by Gasteiger charge is -2.21. The van der Waals surface area contributed by atoms with E-state index in [-0.39, 0.29) is 0 Å². The van der Waals surface area contributed by atoms with Crippen LogP contribution in [0.2, 0.25) is 0 Å². The van der Waals surface area contributed by atoms with Gasteiger partial charge in [-0.05, 0) is 44.6 Å². The maximum absolute atomic E-state index is 3.71. The number of hydrogen-bond donors (Lipinski definition) is 1. The molecule has 2 aliphatic carbocycles. The Balaban J connectivity index is 1.63. The molecule has 0 bridgehead atoms. The van der Waals surface area contributed by atoms with Crippen LogP contribution in [0.1, 0.15) is 44.9 Å². The van der Waals surface area contributed by atoms with Crippen LogP contribution in [0, 0.1) is 5.92 Å². The van der Waals surface area contributed by atoms with Crippen LogP contribution >= 0.6 is 0 Å². The maximum atomic E-state index is 3.71. The van der Waals surface area contributed by atoms with E-state index in [1.807, 2.05) is 0 Å². The second-order valence-corrected chi connectivity index (χ2v) is 4.54. The fourth-order valence-electron chi connectivity index (χ4n) is 2.53. The molecule has 0 aliphatic heterocycles. The zero-order chi connectivity index (χ0) is 8.93. The molecular formula is C12H21N. The Morgan fingerprint density at radius 3 is 2.62 bits per heavy atom. The molecule has 1 fully saturated rings. The van der Waals surface area contributed by atoms with E-state index in [0.717, 1.165) is 12.0 Å². The normalized spacial score (nSPS) is 29.7. The van der Waals surface area contributed by atoms with Crippen molar-refractivity contribution in [2.24, 2.45) is 5.92 Å². The van der Waals surface area contributed by atoms with E-state index in [4.69, 9.17) is 0 Å². The Hall–Kier alpha value is -0.300. The minimum Gasteiger partial charge on any atom is -0.313 e. The van der Waals surface area contributed by atoms with E-state index in [0.29, 0.717) is 0 Å². The van der Waals surface area contributed by atoms with E-state index in [2.05, 4.69) is 17.5 Å². The molecule has 1 saturated carbocycles. The topological polar surface area (TPSA) is 12.0 Å². The summed E-state index contributed by atoms with van der Waals surface area (Å²) in [6, 6.07) is 0.783. The Kier molecular flexibility index (Phi) is 3.42. The summed E-state index contributed by atoms with van der Waals surface area (Å²) in [5.74, 6) is 0.992. The van der Waals surface area contributed by atoms with Crippen molar-refractivity contribution < 1.29 is 0 Å². The SMILES string of the molecule is C1=CCC(NCC2CCCC2)CC1. The van der Waals surface area contributed by atoms with E-state index in [1.165, 1.54) is 51.5 Å². The summed E-state index contributed by atoms with van der Waals surface area (Å²) in [6.07, 6.45) is 14.4. The van der Waals surface area contributed by atoms with E-state index < -0.39 is 0 Å². The van der Waals surface area contributed by atoms with Crippen molar-refractivity contribution in [2.45, 2.75) is 51.0 Å². The zero-order valence-corrected chi connectivity index (χ0v) is 8.47. The average molecular weight is 179 g/mol. The van der Waals surface area contributed by atoms with Crippen molar-refractivity contribution in [3.8, 4) is 0 Å². The molecular weight excluding hydrogens is 158 g/mol. The smallest absolute Gasteiger partial charge is 0.0105 e. The highest BCUT2D eigenvalue weighted by Crippen LogP contribution is 2.24. The van der Waals surface area contributed by atoms with Crippen molar-refractivity contribution in [2.75, 3.05) is 6.54 Å². The maximum Gasteiger partial charge on any atom is 0.0105 e. The molecule has 0 aromatic rings.